The number of ether oxygens (including phenoxy) is 1. The molecule has 1 heterocycles. The third-order valence-corrected chi connectivity index (χ3v) is 7.90. The number of hydrogen-bond acceptors (Lipinski definition) is 2. The molecule has 0 aromatic rings. The summed E-state index contributed by atoms with van der Waals surface area (Å²) in [5, 5.41) is 0.311. The Morgan fingerprint density at radius 1 is 1.43 bits per heavy atom. The molecule has 0 saturated carbocycles. The minimum absolute atomic E-state index is 0.311. The Morgan fingerprint density at radius 3 is 2.29 bits per heavy atom. The van der Waals surface area contributed by atoms with Gasteiger partial charge in [-0.25, -0.2) is 0 Å². The quantitative estimate of drug-likeness (QED) is 0.532. The number of hydrogen-bond donors (Lipinski definition) is 0. The maximum atomic E-state index is 6.21. The summed E-state index contributed by atoms with van der Waals surface area (Å²) >= 11 is 0. The summed E-state index contributed by atoms with van der Waals surface area (Å²) in [6.45, 7) is 14.5. The molecule has 0 aliphatic carbocycles. The van der Waals surface area contributed by atoms with Crippen LogP contribution in [-0.4, -0.2) is 27.1 Å². The van der Waals surface area contributed by atoms with Gasteiger partial charge in [-0.3, -0.25) is 0 Å². The number of epoxide rings is 1. The van der Waals surface area contributed by atoms with Crippen LogP contribution in [0.2, 0.25) is 18.1 Å². The molecular weight excluding hydrogens is 192 g/mol. The Labute approximate surface area is 89.1 Å². The van der Waals surface area contributed by atoms with Crippen molar-refractivity contribution < 1.29 is 9.16 Å². The average Bonchev–Trinajstić information content (AvgIpc) is 2.66. The van der Waals surface area contributed by atoms with Crippen LogP contribution in [0.25, 0.3) is 0 Å². The molecule has 0 radical (unpaired) electrons. The zero-order valence-corrected chi connectivity index (χ0v) is 11.4. The zero-order valence-electron chi connectivity index (χ0n) is 10.4. The molecule has 0 aromatic carbocycles. The predicted molar refractivity (Wildman–Crippen MR) is 62.1 cm³/mol. The zero-order chi connectivity index (χ0) is 11.0. The molecule has 1 fully saturated rings. The van der Waals surface area contributed by atoms with Crippen LogP contribution in [0, 0.1) is 0 Å². The Morgan fingerprint density at radius 2 is 1.93 bits per heavy atom. The van der Waals surface area contributed by atoms with Crippen molar-refractivity contribution in [1.82, 2.24) is 0 Å². The lowest BCUT2D eigenvalue weighted by Crippen LogP contribution is -2.43. The lowest BCUT2D eigenvalue weighted by molar-refractivity contribution is 0.175. The lowest BCUT2D eigenvalue weighted by atomic mass is 10.2. The van der Waals surface area contributed by atoms with Crippen LogP contribution in [-0.2, 0) is 9.16 Å². The molecule has 1 rings (SSSR count). The highest BCUT2D eigenvalue weighted by molar-refractivity contribution is 6.74. The second-order valence-electron chi connectivity index (χ2n) is 5.88. The van der Waals surface area contributed by atoms with E-state index in [0.29, 0.717) is 17.2 Å². The molecule has 1 saturated heterocycles. The smallest absolute Gasteiger partial charge is 0.192 e. The van der Waals surface area contributed by atoms with Gasteiger partial charge >= 0.3 is 0 Å². The highest BCUT2D eigenvalue weighted by Gasteiger charge is 2.39. The molecule has 1 aliphatic rings. The summed E-state index contributed by atoms with van der Waals surface area (Å²) in [4.78, 5) is 0. The first-order chi connectivity index (χ1) is 6.22. The standard InChI is InChI=1S/C11H24O2Si/c1-9(7-10-8-12-10)13-14(5,6)11(2,3)4/h9-10H,7-8H2,1-6H3/t9?,10-/m0/s1. The van der Waals surface area contributed by atoms with Crippen LogP contribution in [0.5, 0.6) is 0 Å². The summed E-state index contributed by atoms with van der Waals surface area (Å²) in [5.74, 6) is 0. The van der Waals surface area contributed by atoms with E-state index in [0.717, 1.165) is 13.0 Å². The van der Waals surface area contributed by atoms with Gasteiger partial charge in [0.1, 0.15) is 0 Å². The first kappa shape index (κ1) is 12.2. The number of rotatable bonds is 4. The third kappa shape index (κ3) is 3.37. The van der Waals surface area contributed by atoms with Crippen LogP contribution < -0.4 is 0 Å². The fourth-order valence-electron chi connectivity index (χ4n) is 1.30. The van der Waals surface area contributed by atoms with Crippen molar-refractivity contribution in [3.8, 4) is 0 Å². The maximum absolute atomic E-state index is 6.21. The van der Waals surface area contributed by atoms with Crippen molar-refractivity contribution in [3.05, 3.63) is 0 Å². The van der Waals surface area contributed by atoms with Gasteiger partial charge in [0.25, 0.3) is 0 Å². The fourth-order valence-corrected chi connectivity index (χ4v) is 2.76. The summed E-state index contributed by atoms with van der Waals surface area (Å²) in [5.41, 5.74) is 0. The van der Waals surface area contributed by atoms with Gasteiger partial charge < -0.3 is 9.16 Å². The van der Waals surface area contributed by atoms with Gasteiger partial charge in [0.05, 0.1) is 12.7 Å². The summed E-state index contributed by atoms with van der Waals surface area (Å²) in [6.07, 6.45) is 1.89. The topological polar surface area (TPSA) is 21.8 Å². The van der Waals surface area contributed by atoms with Gasteiger partial charge in [0.15, 0.2) is 8.32 Å². The molecule has 2 atom stereocenters. The minimum Gasteiger partial charge on any atom is -0.414 e. The third-order valence-electron chi connectivity index (χ3n) is 3.30. The molecule has 1 aliphatic heterocycles. The van der Waals surface area contributed by atoms with E-state index in [1.165, 1.54) is 0 Å². The van der Waals surface area contributed by atoms with Crippen LogP contribution in [0.15, 0.2) is 0 Å². The van der Waals surface area contributed by atoms with Gasteiger partial charge in [-0.2, -0.15) is 0 Å². The highest BCUT2D eigenvalue weighted by atomic mass is 28.4. The van der Waals surface area contributed by atoms with Crippen LogP contribution in [0.4, 0.5) is 0 Å². The minimum atomic E-state index is -1.56. The lowest BCUT2D eigenvalue weighted by Gasteiger charge is -2.38. The first-order valence-electron chi connectivity index (χ1n) is 5.52. The average molecular weight is 216 g/mol. The van der Waals surface area contributed by atoms with E-state index in [1.54, 1.807) is 0 Å². The molecule has 0 N–H and O–H groups in total. The largest absolute Gasteiger partial charge is 0.414 e. The molecule has 3 heteroatoms. The first-order valence-corrected chi connectivity index (χ1v) is 8.42. The summed E-state index contributed by atoms with van der Waals surface area (Å²) in [7, 11) is -1.56. The van der Waals surface area contributed by atoms with Gasteiger partial charge in [-0.05, 0) is 25.1 Å². The van der Waals surface area contributed by atoms with E-state index in [4.69, 9.17) is 9.16 Å². The Hall–Kier alpha value is 0.137. The second-order valence-corrected chi connectivity index (χ2v) is 10.6. The molecule has 84 valence electrons. The van der Waals surface area contributed by atoms with Gasteiger partial charge in [0.2, 0.25) is 0 Å². The fraction of sp³-hybridized carbons (Fsp3) is 1.00. The van der Waals surface area contributed by atoms with E-state index >= 15 is 0 Å². The van der Waals surface area contributed by atoms with Crippen molar-refractivity contribution >= 4 is 8.32 Å². The van der Waals surface area contributed by atoms with Crippen molar-refractivity contribution in [2.45, 2.75) is 64.5 Å². The van der Waals surface area contributed by atoms with Crippen LogP contribution in [0.3, 0.4) is 0 Å². The molecular formula is C11H24O2Si. The molecule has 14 heavy (non-hydrogen) atoms. The molecule has 2 nitrogen and oxygen atoms in total. The van der Waals surface area contributed by atoms with Crippen LogP contribution in [0.1, 0.15) is 34.1 Å². The molecule has 1 unspecified atom stereocenters. The molecule has 0 bridgehead atoms. The Kier molecular flexibility index (Phi) is 3.44. The van der Waals surface area contributed by atoms with Gasteiger partial charge in [0, 0.05) is 12.5 Å². The van der Waals surface area contributed by atoms with Crippen LogP contribution >= 0.6 is 0 Å². The van der Waals surface area contributed by atoms with Gasteiger partial charge in [-0.15, -0.1) is 0 Å². The summed E-state index contributed by atoms with van der Waals surface area (Å²) in [6, 6.07) is 0. The monoisotopic (exact) mass is 216 g/mol. The van der Waals surface area contributed by atoms with Crippen molar-refractivity contribution in [2.75, 3.05) is 6.61 Å². The Bertz CT molecular complexity index is 192. The van der Waals surface area contributed by atoms with E-state index in [9.17, 15) is 0 Å². The molecule has 0 aromatic heterocycles. The molecule has 0 spiro atoms. The SMILES string of the molecule is CC(C[C@H]1CO1)O[Si](C)(C)C(C)(C)C. The molecule has 0 amide bonds. The second kappa shape index (κ2) is 3.95. The maximum Gasteiger partial charge on any atom is 0.192 e. The summed E-state index contributed by atoms with van der Waals surface area (Å²) < 4.78 is 11.4. The predicted octanol–water partition coefficient (Wildman–Crippen LogP) is 3.19. The van der Waals surface area contributed by atoms with Crippen molar-refractivity contribution in [2.24, 2.45) is 0 Å². The normalized spacial score (nSPS) is 24.9. The van der Waals surface area contributed by atoms with E-state index in [-0.39, 0.29) is 0 Å². The van der Waals surface area contributed by atoms with Crippen molar-refractivity contribution in [3.63, 3.8) is 0 Å². The van der Waals surface area contributed by atoms with Crippen molar-refractivity contribution in [1.29, 1.82) is 0 Å². The van der Waals surface area contributed by atoms with E-state index in [2.05, 4.69) is 40.8 Å². The van der Waals surface area contributed by atoms with E-state index < -0.39 is 8.32 Å². The Balaban J connectivity index is 2.39. The van der Waals surface area contributed by atoms with Gasteiger partial charge in [-0.1, -0.05) is 20.8 Å². The van der Waals surface area contributed by atoms with E-state index in [1.807, 2.05) is 0 Å². The highest BCUT2D eigenvalue weighted by Crippen LogP contribution is 2.38.